The highest BCUT2D eigenvalue weighted by Gasteiger charge is 2.18. The van der Waals surface area contributed by atoms with Gasteiger partial charge in [0.1, 0.15) is 11.3 Å². The monoisotopic (exact) mass is 349 g/mol. The lowest BCUT2D eigenvalue weighted by molar-refractivity contribution is 0.577. The molecule has 0 atom stereocenters. The molecule has 0 radical (unpaired) electrons. The van der Waals surface area contributed by atoms with Crippen LogP contribution in [0.4, 0.5) is 10.3 Å². The zero-order chi connectivity index (χ0) is 17.7. The third-order valence-corrected chi connectivity index (χ3v) is 4.08. The first-order valence-corrected chi connectivity index (χ1v) is 7.84. The van der Waals surface area contributed by atoms with Gasteiger partial charge in [-0.15, -0.1) is 5.10 Å². The number of benzene rings is 1. The summed E-state index contributed by atoms with van der Waals surface area (Å²) in [6.07, 6.45) is 3.21. The van der Waals surface area contributed by atoms with E-state index >= 15 is 0 Å². The fourth-order valence-electron chi connectivity index (χ4n) is 2.88. The average molecular weight is 349 g/mol. The minimum absolute atomic E-state index is 0.185. The Morgan fingerprint density at radius 1 is 1.12 bits per heavy atom. The van der Waals surface area contributed by atoms with Crippen LogP contribution < -0.4 is 5.73 Å². The molecule has 0 amide bonds. The standard InChI is InChI=1S/C17H12FN7O/c18-11-5-3-10(4-6-11)8-24-9-20-15-13(24)16-21-14(12-2-1-7-26-12)23-25(16)17(19)22-15/h1-7,9H,8H2,(H2,19,22). The summed E-state index contributed by atoms with van der Waals surface area (Å²) in [6, 6.07) is 9.82. The van der Waals surface area contributed by atoms with Gasteiger partial charge in [0.2, 0.25) is 11.8 Å². The number of hydrogen-bond donors (Lipinski definition) is 1. The van der Waals surface area contributed by atoms with Crippen molar-refractivity contribution in [1.29, 1.82) is 0 Å². The molecule has 0 aliphatic rings. The molecule has 8 nitrogen and oxygen atoms in total. The zero-order valence-corrected chi connectivity index (χ0v) is 13.4. The molecule has 0 saturated carbocycles. The highest BCUT2D eigenvalue weighted by molar-refractivity contribution is 5.87. The summed E-state index contributed by atoms with van der Waals surface area (Å²) in [5.41, 5.74) is 8.60. The van der Waals surface area contributed by atoms with Gasteiger partial charge >= 0.3 is 0 Å². The highest BCUT2D eigenvalue weighted by Crippen LogP contribution is 2.23. The van der Waals surface area contributed by atoms with Gasteiger partial charge in [-0.05, 0) is 29.8 Å². The van der Waals surface area contributed by atoms with E-state index in [1.54, 1.807) is 36.9 Å². The van der Waals surface area contributed by atoms with Crippen molar-refractivity contribution in [2.75, 3.05) is 5.73 Å². The van der Waals surface area contributed by atoms with Crippen molar-refractivity contribution in [2.24, 2.45) is 0 Å². The Balaban J connectivity index is 1.70. The number of halogens is 1. The van der Waals surface area contributed by atoms with Crippen LogP contribution in [0.15, 0.2) is 53.4 Å². The van der Waals surface area contributed by atoms with E-state index in [0.29, 0.717) is 34.9 Å². The first-order valence-electron chi connectivity index (χ1n) is 7.84. The Labute approximate surface area is 145 Å². The number of nitrogens with zero attached hydrogens (tertiary/aromatic N) is 6. The molecule has 0 aliphatic heterocycles. The van der Waals surface area contributed by atoms with Crippen molar-refractivity contribution >= 4 is 22.8 Å². The molecule has 128 valence electrons. The first kappa shape index (κ1) is 14.6. The molecule has 4 heterocycles. The number of imidazole rings is 1. The quantitative estimate of drug-likeness (QED) is 0.537. The van der Waals surface area contributed by atoms with Crippen molar-refractivity contribution in [3.05, 3.63) is 60.4 Å². The van der Waals surface area contributed by atoms with Crippen molar-refractivity contribution in [1.82, 2.24) is 29.1 Å². The summed E-state index contributed by atoms with van der Waals surface area (Å²) in [5.74, 6) is 0.850. The van der Waals surface area contributed by atoms with Gasteiger partial charge in [-0.2, -0.15) is 9.50 Å². The first-order chi connectivity index (χ1) is 12.7. The van der Waals surface area contributed by atoms with Crippen LogP contribution in [-0.4, -0.2) is 29.1 Å². The van der Waals surface area contributed by atoms with E-state index in [0.717, 1.165) is 5.56 Å². The Hall–Kier alpha value is -3.75. The lowest BCUT2D eigenvalue weighted by Crippen LogP contribution is -2.05. The fraction of sp³-hybridized carbons (Fsp3) is 0.0588. The van der Waals surface area contributed by atoms with Gasteiger partial charge < -0.3 is 14.7 Å². The third-order valence-electron chi connectivity index (χ3n) is 4.08. The molecule has 2 N–H and O–H groups in total. The van der Waals surface area contributed by atoms with Gasteiger partial charge in [-0.1, -0.05) is 12.1 Å². The van der Waals surface area contributed by atoms with E-state index in [1.807, 2.05) is 4.57 Å². The molecule has 5 aromatic rings. The molecule has 9 heteroatoms. The van der Waals surface area contributed by atoms with Crippen LogP contribution >= 0.6 is 0 Å². The second kappa shape index (κ2) is 5.38. The lowest BCUT2D eigenvalue weighted by atomic mass is 10.2. The number of aromatic nitrogens is 6. The molecule has 0 fully saturated rings. The van der Waals surface area contributed by atoms with Gasteiger partial charge in [0.25, 0.3) is 0 Å². The predicted molar refractivity (Wildman–Crippen MR) is 91.7 cm³/mol. The summed E-state index contributed by atoms with van der Waals surface area (Å²) in [5, 5.41) is 4.38. The zero-order valence-electron chi connectivity index (χ0n) is 13.4. The largest absolute Gasteiger partial charge is 0.461 e. The van der Waals surface area contributed by atoms with E-state index in [-0.39, 0.29) is 11.8 Å². The predicted octanol–water partition coefficient (Wildman–Crippen LogP) is 2.50. The number of nitrogen functional groups attached to an aromatic ring is 1. The molecular weight excluding hydrogens is 337 g/mol. The number of hydrogen-bond acceptors (Lipinski definition) is 6. The summed E-state index contributed by atoms with van der Waals surface area (Å²) < 4.78 is 21.8. The van der Waals surface area contributed by atoms with Crippen LogP contribution in [0.1, 0.15) is 5.56 Å². The summed E-state index contributed by atoms with van der Waals surface area (Å²) in [7, 11) is 0. The molecule has 0 bridgehead atoms. The second-order valence-electron chi connectivity index (χ2n) is 5.79. The average Bonchev–Trinajstić information content (AvgIpc) is 3.35. The van der Waals surface area contributed by atoms with E-state index < -0.39 is 0 Å². The highest BCUT2D eigenvalue weighted by atomic mass is 19.1. The molecular formula is C17H12FN7O. The van der Waals surface area contributed by atoms with Gasteiger partial charge in [0, 0.05) is 6.54 Å². The van der Waals surface area contributed by atoms with Crippen molar-refractivity contribution in [2.45, 2.75) is 6.54 Å². The van der Waals surface area contributed by atoms with E-state index in [1.165, 1.54) is 16.6 Å². The normalized spacial score (nSPS) is 11.6. The Morgan fingerprint density at radius 3 is 2.73 bits per heavy atom. The molecule has 0 saturated heterocycles. The minimum atomic E-state index is -0.276. The Morgan fingerprint density at radius 2 is 1.96 bits per heavy atom. The van der Waals surface area contributed by atoms with E-state index in [2.05, 4.69) is 20.1 Å². The summed E-state index contributed by atoms with van der Waals surface area (Å²) >= 11 is 0. The van der Waals surface area contributed by atoms with Crippen LogP contribution in [0.2, 0.25) is 0 Å². The molecule has 4 aromatic heterocycles. The van der Waals surface area contributed by atoms with Gasteiger partial charge in [-0.3, -0.25) is 0 Å². The Bertz CT molecular complexity index is 1220. The van der Waals surface area contributed by atoms with Crippen molar-refractivity contribution in [3.8, 4) is 11.6 Å². The van der Waals surface area contributed by atoms with Crippen LogP contribution in [0.25, 0.3) is 28.4 Å². The lowest BCUT2D eigenvalue weighted by Gasteiger charge is -2.05. The van der Waals surface area contributed by atoms with Crippen molar-refractivity contribution < 1.29 is 8.81 Å². The second-order valence-corrected chi connectivity index (χ2v) is 5.79. The topological polar surface area (TPSA) is 100 Å². The van der Waals surface area contributed by atoms with E-state index in [4.69, 9.17) is 10.2 Å². The van der Waals surface area contributed by atoms with Gasteiger partial charge in [0.05, 0.1) is 12.6 Å². The molecule has 1 aromatic carbocycles. The molecule has 26 heavy (non-hydrogen) atoms. The fourth-order valence-corrected chi connectivity index (χ4v) is 2.88. The molecule has 5 rings (SSSR count). The number of anilines is 1. The van der Waals surface area contributed by atoms with E-state index in [9.17, 15) is 4.39 Å². The summed E-state index contributed by atoms with van der Waals surface area (Å²) in [6.45, 7) is 0.487. The number of rotatable bonds is 3. The smallest absolute Gasteiger partial charge is 0.225 e. The SMILES string of the molecule is Nc1nc2ncn(Cc3ccc(F)cc3)c2c2nc(-c3ccco3)nn12. The van der Waals surface area contributed by atoms with Crippen LogP contribution in [0.3, 0.4) is 0 Å². The maximum atomic E-state index is 13.1. The number of furan rings is 1. The minimum Gasteiger partial charge on any atom is -0.461 e. The van der Waals surface area contributed by atoms with Gasteiger partial charge in [-0.25, -0.2) is 14.4 Å². The van der Waals surface area contributed by atoms with Crippen LogP contribution in [0.5, 0.6) is 0 Å². The Kier molecular flexibility index (Phi) is 3.02. The molecule has 0 aliphatic carbocycles. The number of fused-ring (bicyclic) bond motifs is 3. The maximum Gasteiger partial charge on any atom is 0.225 e. The molecule has 0 spiro atoms. The maximum absolute atomic E-state index is 13.1. The third kappa shape index (κ3) is 2.21. The molecule has 0 unspecified atom stereocenters. The van der Waals surface area contributed by atoms with Crippen LogP contribution in [0, 0.1) is 5.82 Å². The van der Waals surface area contributed by atoms with Gasteiger partial charge in [0.15, 0.2) is 17.1 Å². The number of nitrogens with two attached hydrogens (primary N) is 1. The van der Waals surface area contributed by atoms with Crippen LogP contribution in [-0.2, 0) is 6.54 Å². The summed E-state index contributed by atoms with van der Waals surface area (Å²) in [4.78, 5) is 13.1. The van der Waals surface area contributed by atoms with Crippen molar-refractivity contribution in [3.63, 3.8) is 0 Å².